The number of anilines is 1. The van der Waals surface area contributed by atoms with Gasteiger partial charge in [0.2, 0.25) is 5.91 Å². The van der Waals surface area contributed by atoms with Gasteiger partial charge in [0, 0.05) is 35.5 Å². The van der Waals surface area contributed by atoms with Gasteiger partial charge in [0.1, 0.15) is 0 Å². The zero-order valence-corrected chi connectivity index (χ0v) is 15.5. The normalized spacial score (nSPS) is 16.9. The van der Waals surface area contributed by atoms with Crippen molar-refractivity contribution in [3.8, 4) is 0 Å². The van der Waals surface area contributed by atoms with Crippen molar-refractivity contribution in [2.75, 3.05) is 11.1 Å². The van der Waals surface area contributed by atoms with Crippen molar-refractivity contribution in [3.05, 3.63) is 51.9 Å². The maximum Gasteiger partial charge on any atom is 0.254 e. The number of halogens is 2. The second-order valence-corrected chi connectivity index (χ2v) is 8.24. The minimum absolute atomic E-state index is 0.179. The van der Waals surface area contributed by atoms with Gasteiger partial charge < -0.3 is 5.32 Å². The summed E-state index contributed by atoms with van der Waals surface area (Å²) in [5.41, 5.74) is 0.456. The maximum absolute atomic E-state index is 13.3. The van der Waals surface area contributed by atoms with Crippen LogP contribution in [-0.2, 0) is 16.8 Å². The molecule has 26 heavy (non-hydrogen) atoms. The Morgan fingerprint density at radius 3 is 2.65 bits per heavy atom. The second kappa shape index (κ2) is 6.83. The number of nitrogens with one attached hydrogen (secondary N) is 1. The molecule has 1 aliphatic rings. The van der Waals surface area contributed by atoms with E-state index >= 15 is 0 Å². The highest BCUT2D eigenvalue weighted by Gasteiger charge is 2.28. The monoisotopic (exact) mass is 379 g/mol. The molecule has 0 aliphatic carbocycles. The maximum atomic E-state index is 13.3. The highest BCUT2D eigenvalue weighted by molar-refractivity contribution is 7.99. The molecule has 0 radical (unpaired) electrons. The van der Waals surface area contributed by atoms with Crippen LogP contribution >= 0.6 is 11.8 Å². The van der Waals surface area contributed by atoms with Crippen molar-refractivity contribution in [1.29, 1.82) is 0 Å². The van der Waals surface area contributed by atoms with Gasteiger partial charge in [0.15, 0.2) is 16.8 Å². The number of benzene rings is 1. The van der Waals surface area contributed by atoms with Gasteiger partial charge >= 0.3 is 0 Å². The molecule has 1 aromatic heterocycles. The molecule has 0 saturated heterocycles. The molecule has 0 bridgehead atoms. The molecule has 0 saturated carbocycles. The zero-order valence-electron chi connectivity index (χ0n) is 14.7. The quantitative estimate of drug-likeness (QED) is 0.814. The van der Waals surface area contributed by atoms with E-state index in [-0.39, 0.29) is 29.1 Å². The molecular weight excluding hydrogens is 360 g/mol. The average molecular weight is 379 g/mol. The van der Waals surface area contributed by atoms with Gasteiger partial charge in [-0.3, -0.25) is 14.2 Å². The van der Waals surface area contributed by atoms with Crippen molar-refractivity contribution < 1.29 is 13.6 Å². The van der Waals surface area contributed by atoms with E-state index in [0.717, 1.165) is 12.1 Å². The molecule has 1 amide bonds. The Morgan fingerprint density at radius 2 is 2.00 bits per heavy atom. The number of hydrogen-bond donors (Lipinski definition) is 1. The summed E-state index contributed by atoms with van der Waals surface area (Å²) < 4.78 is 27.7. The zero-order chi connectivity index (χ0) is 19.1. The van der Waals surface area contributed by atoms with Crippen LogP contribution in [0.3, 0.4) is 0 Å². The largest absolute Gasteiger partial charge is 0.326 e. The third-order valence-corrected chi connectivity index (χ3v) is 5.26. The molecule has 5 nitrogen and oxygen atoms in total. The first-order valence-corrected chi connectivity index (χ1v) is 9.15. The van der Waals surface area contributed by atoms with Gasteiger partial charge in [-0.05, 0) is 12.1 Å². The SMILES string of the molecule is CC(C)(C)c1cc(=O)n2c(n1)SCC(C(=O)Nc1ccc(F)c(F)c1)C2. The van der Waals surface area contributed by atoms with Gasteiger partial charge in [0.05, 0.1) is 11.6 Å². The average Bonchev–Trinajstić information content (AvgIpc) is 2.57. The van der Waals surface area contributed by atoms with Crippen molar-refractivity contribution in [2.45, 2.75) is 37.9 Å². The molecule has 2 heterocycles. The van der Waals surface area contributed by atoms with Crippen molar-refractivity contribution in [3.63, 3.8) is 0 Å². The minimum atomic E-state index is -1.03. The van der Waals surface area contributed by atoms with Crippen LogP contribution < -0.4 is 10.9 Å². The summed E-state index contributed by atoms with van der Waals surface area (Å²) in [5.74, 6) is -2.37. The summed E-state index contributed by atoms with van der Waals surface area (Å²) in [6.45, 7) is 6.15. The predicted octanol–water partition coefficient (Wildman–Crippen LogP) is 3.18. The molecule has 2 aromatic rings. The fraction of sp³-hybridized carbons (Fsp3) is 0.389. The van der Waals surface area contributed by atoms with Crippen molar-refractivity contribution >= 4 is 23.4 Å². The van der Waals surface area contributed by atoms with Crippen LogP contribution in [0.4, 0.5) is 14.5 Å². The molecule has 1 N–H and O–H groups in total. The third kappa shape index (κ3) is 3.80. The number of carbonyl (C=O) groups is 1. The van der Waals surface area contributed by atoms with Crippen molar-refractivity contribution in [2.24, 2.45) is 5.92 Å². The Bertz CT molecular complexity index is 922. The highest BCUT2D eigenvalue weighted by Crippen LogP contribution is 2.28. The summed E-state index contributed by atoms with van der Waals surface area (Å²) in [5, 5.41) is 3.17. The van der Waals surface area contributed by atoms with Crippen LogP contribution in [0.25, 0.3) is 0 Å². The molecule has 3 rings (SSSR count). The van der Waals surface area contributed by atoms with E-state index in [4.69, 9.17) is 0 Å². The summed E-state index contributed by atoms with van der Waals surface area (Å²) in [4.78, 5) is 29.4. The number of aromatic nitrogens is 2. The molecule has 0 spiro atoms. The Labute approximate surface area is 153 Å². The van der Waals surface area contributed by atoms with E-state index in [1.54, 1.807) is 0 Å². The number of hydrogen-bond acceptors (Lipinski definition) is 4. The van der Waals surface area contributed by atoms with E-state index in [2.05, 4.69) is 10.3 Å². The molecule has 0 fully saturated rings. The summed E-state index contributed by atoms with van der Waals surface area (Å²) in [6, 6.07) is 4.68. The Kier molecular flexibility index (Phi) is 4.88. The van der Waals surface area contributed by atoms with Gasteiger partial charge in [-0.1, -0.05) is 32.5 Å². The van der Waals surface area contributed by atoms with Gasteiger partial charge in [-0.2, -0.15) is 0 Å². The molecule has 1 atom stereocenters. The minimum Gasteiger partial charge on any atom is -0.326 e. The molecule has 1 aromatic carbocycles. The summed E-state index contributed by atoms with van der Waals surface area (Å²) in [7, 11) is 0. The third-order valence-electron chi connectivity index (χ3n) is 4.12. The smallest absolute Gasteiger partial charge is 0.254 e. The van der Waals surface area contributed by atoms with Gasteiger partial charge in [-0.25, -0.2) is 13.8 Å². The topological polar surface area (TPSA) is 64.0 Å². The number of amides is 1. The fourth-order valence-corrected chi connectivity index (χ4v) is 3.66. The van der Waals surface area contributed by atoms with Gasteiger partial charge in [0.25, 0.3) is 5.56 Å². The Morgan fingerprint density at radius 1 is 1.27 bits per heavy atom. The second-order valence-electron chi connectivity index (χ2n) is 7.25. The number of fused-ring (bicyclic) bond motifs is 1. The van der Waals surface area contributed by atoms with Crippen LogP contribution in [0.15, 0.2) is 34.2 Å². The summed E-state index contributed by atoms with van der Waals surface area (Å²) in [6.07, 6.45) is 0. The molecule has 8 heteroatoms. The van der Waals surface area contributed by atoms with Crippen LogP contribution in [0.2, 0.25) is 0 Å². The van der Waals surface area contributed by atoms with E-state index in [1.165, 1.54) is 28.5 Å². The number of thioether (sulfide) groups is 1. The lowest BCUT2D eigenvalue weighted by Crippen LogP contribution is -2.37. The Balaban J connectivity index is 1.78. The highest BCUT2D eigenvalue weighted by atomic mass is 32.2. The molecular formula is C18H19F2N3O2S. The van der Waals surface area contributed by atoms with E-state index < -0.39 is 17.6 Å². The first-order chi connectivity index (χ1) is 12.1. The van der Waals surface area contributed by atoms with Crippen LogP contribution in [0, 0.1) is 17.6 Å². The van der Waals surface area contributed by atoms with E-state index in [1.807, 2.05) is 20.8 Å². The van der Waals surface area contributed by atoms with E-state index in [9.17, 15) is 18.4 Å². The Hall–Kier alpha value is -2.22. The number of nitrogens with zero attached hydrogens (tertiary/aromatic N) is 2. The van der Waals surface area contributed by atoms with Crippen LogP contribution in [0.5, 0.6) is 0 Å². The first-order valence-electron chi connectivity index (χ1n) is 8.16. The van der Waals surface area contributed by atoms with E-state index in [0.29, 0.717) is 16.6 Å². The predicted molar refractivity (Wildman–Crippen MR) is 96.4 cm³/mol. The van der Waals surface area contributed by atoms with Crippen molar-refractivity contribution in [1.82, 2.24) is 9.55 Å². The molecule has 138 valence electrons. The standard InChI is InChI=1S/C18H19F2N3O2S/c1-18(2,3)14-7-15(24)23-8-10(9-26-17(23)22-14)16(25)21-11-4-5-12(19)13(20)6-11/h4-7,10H,8-9H2,1-3H3,(H,21,25). The van der Waals surface area contributed by atoms with Crippen LogP contribution in [0.1, 0.15) is 26.5 Å². The molecule has 1 aliphatic heterocycles. The van der Waals surface area contributed by atoms with Gasteiger partial charge in [-0.15, -0.1) is 0 Å². The lowest BCUT2D eigenvalue weighted by Gasteiger charge is -2.26. The summed E-state index contributed by atoms with van der Waals surface area (Å²) >= 11 is 1.34. The van der Waals surface area contributed by atoms with Crippen LogP contribution in [-0.4, -0.2) is 21.2 Å². The fourth-order valence-electron chi connectivity index (χ4n) is 2.57. The lowest BCUT2D eigenvalue weighted by atomic mass is 9.92. The number of rotatable bonds is 2. The molecule has 1 unspecified atom stereocenters. The first kappa shape index (κ1) is 18.6. The number of carbonyl (C=O) groups excluding carboxylic acids is 1. The lowest BCUT2D eigenvalue weighted by molar-refractivity contribution is -0.119.